The minimum absolute atomic E-state index is 0.119. The molecule has 5 heteroatoms. The minimum atomic E-state index is -0.557. The second kappa shape index (κ2) is 9.72. The highest BCUT2D eigenvalue weighted by Gasteiger charge is 2.51. The molecule has 1 saturated carbocycles. The van der Waals surface area contributed by atoms with Gasteiger partial charge in [0.1, 0.15) is 6.61 Å². The van der Waals surface area contributed by atoms with Gasteiger partial charge >= 0.3 is 0 Å². The Hall–Kier alpha value is -3.60. The van der Waals surface area contributed by atoms with E-state index in [1.807, 2.05) is 78.9 Å². The fraction of sp³-hybridized carbons (Fsp3) is 0.310. The lowest BCUT2D eigenvalue weighted by Crippen LogP contribution is -2.41. The first-order valence-corrected chi connectivity index (χ1v) is 12.0. The van der Waals surface area contributed by atoms with Crippen molar-refractivity contribution in [3.63, 3.8) is 0 Å². The van der Waals surface area contributed by atoms with E-state index in [1.165, 1.54) is 0 Å². The molecule has 1 amide bonds. The predicted molar refractivity (Wildman–Crippen MR) is 133 cm³/mol. The zero-order chi connectivity index (χ0) is 23.4. The molecule has 0 saturated heterocycles. The Morgan fingerprint density at radius 1 is 0.853 bits per heavy atom. The molecule has 0 N–H and O–H groups in total. The molecule has 5 nitrogen and oxygen atoms in total. The quantitative estimate of drug-likeness (QED) is 0.442. The maximum atomic E-state index is 13.7. The van der Waals surface area contributed by atoms with Gasteiger partial charge in [0.2, 0.25) is 0 Å². The van der Waals surface area contributed by atoms with Gasteiger partial charge in [0.15, 0.2) is 11.5 Å². The van der Waals surface area contributed by atoms with Crippen LogP contribution in [0, 0.1) is 5.41 Å². The Kier molecular flexibility index (Phi) is 6.35. The van der Waals surface area contributed by atoms with Gasteiger partial charge in [-0.25, -0.2) is 5.01 Å². The van der Waals surface area contributed by atoms with Crippen LogP contribution in [0.15, 0.2) is 84.0 Å². The number of nitrogens with zero attached hydrogens (tertiary/aromatic N) is 2. The van der Waals surface area contributed by atoms with Crippen molar-refractivity contribution in [1.29, 1.82) is 0 Å². The van der Waals surface area contributed by atoms with Crippen LogP contribution in [0.25, 0.3) is 0 Å². The summed E-state index contributed by atoms with van der Waals surface area (Å²) in [6.45, 7) is 0.926. The third-order valence-electron chi connectivity index (χ3n) is 6.87. The average Bonchev–Trinajstić information content (AvgIpc) is 3.15. The van der Waals surface area contributed by atoms with E-state index in [1.54, 1.807) is 12.1 Å². The molecule has 1 heterocycles. The molecule has 0 aromatic heterocycles. The molecule has 0 radical (unpaired) electrons. The van der Waals surface area contributed by atoms with Gasteiger partial charge in [-0.2, -0.15) is 5.10 Å². The molecule has 0 bridgehead atoms. The molecular formula is C29H30N2O3. The Morgan fingerprint density at radius 2 is 1.53 bits per heavy atom. The first-order valence-electron chi connectivity index (χ1n) is 12.0. The minimum Gasteiger partial charge on any atom is -0.493 e. The molecule has 174 valence electrons. The van der Waals surface area contributed by atoms with Crippen molar-refractivity contribution in [2.75, 3.05) is 7.11 Å². The Morgan fingerprint density at radius 3 is 2.21 bits per heavy atom. The van der Waals surface area contributed by atoms with Crippen molar-refractivity contribution in [1.82, 2.24) is 5.01 Å². The van der Waals surface area contributed by atoms with E-state index in [-0.39, 0.29) is 5.91 Å². The number of hydrogen-bond acceptors (Lipinski definition) is 4. The van der Waals surface area contributed by atoms with Crippen LogP contribution >= 0.6 is 0 Å². The van der Waals surface area contributed by atoms with Gasteiger partial charge in [-0.05, 0) is 42.2 Å². The van der Waals surface area contributed by atoms with Gasteiger partial charge in [0.25, 0.3) is 5.91 Å². The van der Waals surface area contributed by atoms with Crippen LogP contribution in [-0.2, 0) is 17.9 Å². The molecule has 1 spiro atoms. The second-order valence-corrected chi connectivity index (χ2v) is 9.08. The van der Waals surface area contributed by atoms with Crippen LogP contribution in [0.5, 0.6) is 11.5 Å². The van der Waals surface area contributed by atoms with Crippen LogP contribution in [0.3, 0.4) is 0 Å². The zero-order valence-electron chi connectivity index (χ0n) is 19.6. The van der Waals surface area contributed by atoms with Crippen molar-refractivity contribution in [2.24, 2.45) is 10.5 Å². The van der Waals surface area contributed by atoms with Crippen LogP contribution in [0.4, 0.5) is 0 Å². The molecule has 34 heavy (non-hydrogen) atoms. The van der Waals surface area contributed by atoms with Gasteiger partial charge in [0.05, 0.1) is 24.8 Å². The number of ether oxygens (including phenoxy) is 2. The maximum absolute atomic E-state index is 13.7. The van der Waals surface area contributed by atoms with E-state index in [9.17, 15) is 4.79 Å². The Labute approximate surface area is 201 Å². The number of hydrogen-bond donors (Lipinski definition) is 0. The predicted octanol–water partition coefficient (Wildman–Crippen LogP) is 5.97. The van der Waals surface area contributed by atoms with Crippen molar-refractivity contribution in [3.8, 4) is 11.5 Å². The summed E-state index contributed by atoms with van der Waals surface area (Å²) in [6, 6.07) is 26.0. The first-order chi connectivity index (χ1) is 16.7. The van der Waals surface area contributed by atoms with Crippen molar-refractivity contribution < 1.29 is 14.3 Å². The number of amides is 1. The summed E-state index contributed by atoms with van der Waals surface area (Å²) in [5.41, 5.74) is 3.39. The summed E-state index contributed by atoms with van der Waals surface area (Å²) in [5, 5.41) is 6.60. The lowest BCUT2D eigenvalue weighted by molar-refractivity contribution is -0.138. The highest BCUT2D eigenvalue weighted by Crippen LogP contribution is 2.46. The van der Waals surface area contributed by atoms with E-state index < -0.39 is 5.41 Å². The first kappa shape index (κ1) is 22.2. The average molecular weight is 455 g/mol. The molecule has 3 aromatic rings. The lowest BCUT2D eigenvalue weighted by Gasteiger charge is -2.33. The second-order valence-electron chi connectivity index (χ2n) is 9.08. The number of hydrazone groups is 1. The molecule has 0 atom stereocenters. The fourth-order valence-electron chi connectivity index (χ4n) is 5.09. The van der Waals surface area contributed by atoms with Crippen LogP contribution < -0.4 is 9.47 Å². The molecule has 5 rings (SSSR count). The maximum Gasteiger partial charge on any atom is 0.255 e. The van der Waals surface area contributed by atoms with Crippen molar-refractivity contribution in [2.45, 2.75) is 45.3 Å². The molecular weight excluding hydrogens is 424 g/mol. The molecule has 1 fully saturated rings. The monoisotopic (exact) mass is 454 g/mol. The van der Waals surface area contributed by atoms with E-state index in [0.717, 1.165) is 54.5 Å². The Bertz CT molecular complexity index is 1170. The summed E-state index contributed by atoms with van der Waals surface area (Å²) in [5.74, 6) is 1.45. The summed E-state index contributed by atoms with van der Waals surface area (Å²) < 4.78 is 11.7. The van der Waals surface area contributed by atoms with Crippen LogP contribution in [-0.4, -0.2) is 23.7 Å². The number of carbonyl (C=O) groups excluding carboxylic acids is 1. The van der Waals surface area contributed by atoms with E-state index in [2.05, 4.69) is 0 Å². The van der Waals surface area contributed by atoms with Crippen molar-refractivity contribution >= 4 is 11.6 Å². The smallest absolute Gasteiger partial charge is 0.255 e. The molecule has 1 aliphatic carbocycles. The summed E-state index contributed by atoms with van der Waals surface area (Å²) in [4.78, 5) is 13.7. The summed E-state index contributed by atoms with van der Waals surface area (Å²) in [7, 11) is 1.64. The SMILES string of the molecule is COc1ccc(C2=NN(Cc3ccccc3)C(=O)C23CCCCC3)cc1OCc1ccccc1. The van der Waals surface area contributed by atoms with Gasteiger partial charge < -0.3 is 9.47 Å². The van der Waals surface area contributed by atoms with Crippen molar-refractivity contribution in [3.05, 3.63) is 95.6 Å². The molecule has 3 aromatic carbocycles. The number of benzene rings is 3. The van der Waals surface area contributed by atoms with E-state index >= 15 is 0 Å². The van der Waals surface area contributed by atoms with Gasteiger partial charge in [0, 0.05) is 5.56 Å². The molecule has 2 aliphatic rings. The third kappa shape index (κ3) is 4.30. The normalized spacial score (nSPS) is 17.0. The topological polar surface area (TPSA) is 51.1 Å². The number of methoxy groups -OCH3 is 1. The number of rotatable bonds is 7. The van der Waals surface area contributed by atoms with Gasteiger partial charge in [-0.15, -0.1) is 0 Å². The fourth-order valence-corrected chi connectivity index (χ4v) is 5.09. The van der Waals surface area contributed by atoms with Crippen LogP contribution in [0.2, 0.25) is 0 Å². The molecule has 1 aliphatic heterocycles. The van der Waals surface area contributed by atoms with Gasteiger partial charge in [-0.1, -0.05) is 79.9 Å². The van der Waals surface area contributed by atoms with E-state index in [0.29, 0.717) is 24.7 Å². The largest absolute Gasteiger partial charge is 0.493 e. The van der Waals surface area contributed by atoms with E-state index in [4.69, 9.17) is 14.6 Å². The zero-order valence-corrected chi connectivity index (χ0v) is 19.6. The third-order valence-corrected chi connectivity index (χ3v) is 6.87. The lowest BCUT2D eigenvalue weighted by atomic mass is 9.69. The summed E-state index contributed by atoms with van der Waals surface area (Å²) in [6.07, 6.45) is 4.91. The Balaban J connectivity index is 1.48. The van der Waals surface area contributed by atoms with Crippen LogP contribution in [0.1, 0.15) is 48.8 Å². The summed E-state index contributed by atoms with van der Waals surface area (Å²) >= 11 is 0. The molecule has 0 unspecified atom stereocenters. The highest BCUT2D eigenvalue weighted by molar-refractivity contribution is 6.20. The highest BCUT2D eigenvalue weighted by atomic mass is 16.5. The van der Waals surface area contributed by atoms with Gasteiger partial charge in [-0.3, -0.25) is 4.79 Å². The standard InChI is InChI=1S/C29H30N2O3/c1-33-25-16-15-24(19-26(25)34-21-23-13-7-3-8-14-23)27-29(17-9-4-10-18-29)28(32)31(30-27)20-22-11-5-2-6-12-22/h2-3,5-8,11-16,19H,4,9-10,17-18,20-21H2,1H3. The number of carbonyl (C=O) groups is 1.